The zero-order chi connectivity index (χ0) is 10.8. The van der Waals surface area contributed by atoms with Crippen LogP contribution >= 0.6 is 0 Å². The first-order valence-electron chi connectivity index (χ1n) is 5.76. The quantitative estimate of drug-likeness (QED) is 0.777. The van der Waals surface area contributed by atoms with E-state index in [-0.39, 0.29) is 6.04 Å². The summed E-state index contributed by atoms with van der Waals surface area (Å²) in [5, 5.41) is 9.86. The molecule has 3 N–H and O–H groups in total. The Morgan fingerprint density at radius 1 is 1.27 bits per heavy atom. The lowest BCUT2D eigenvalue weighted by Crippen LogP contribution is -2.18. The van der Waals surface area contributed by atoms with Crippen LogP contribution in [-0.4, -0.2) is 11.1 Å². The van der Waals surface area contributed by atoms with Crippen LogP contribution in [0.25, 0.3) is 0 Å². The van der Waals surface area contributed by atoms with Crippen LogP contribution < -0.4 is 5.73 Å². The van der Waals surface area contributed by atoms with Crippen LogP contribution in [0, 0.1) is 0 Å². The molecule has 1 aromatic carbocycles. The van der Waals surface area contributed by atoms with E-state index >= 15 is 0 Å². The van der Waals surface area contributed by atoms with E-state index in [1.807, 2.05) is 13.0 Å². The maximum Gasteiger partial charge on any atom is 0.119 e. The normalized spacial score (nSPS) is 17.2. The van der Waals surface area contributed by atoms with Gasteiger partial charge in [0.05, 0.1) is 0 Å². The fourth-order valence-corrected chi connectivity index (χ4v) is 2.33. The van der Waals surface area contributed by atoms with Gasteiger partial charge in [-0.15, -0.1) is 0 Å². The largest absolute Gasteiger partial charge is 0.508 e. The summed E-state index contributed by atoms with van der Waals surface area (Å²) in [4.78, 5) is 0. The summed E-state index contributed by atoms with van der Waals surface area (Å²) in [6.45, 7) is 1.97. The Morgan fingerprint density at radius 2 is 1.87 bits per heavy atom. The van der Waals surface area contributed by atoms with Crippen molar-refractivity contribution in [3.8, 4) is 5.75 Å². The van der Waals surface area contributed by atoms with E-state index in [1.54, 1.807) is 0 Å². The maximum atomic E-state index is 9.86. The highest BCUT2D eigenvalue weighted by Gasteiger charge is 2.13. The Hall–Kier alpha value is -1.02. The number of phenolic OH excluding ortho intramolecular Hbond substituents is 1. The number of nitrogens with two attached hydrogens (primary N) is 1. The molecule has 1 unspecified atom stereocenters. The highest BCUT2D eigenvalue weighted by molar-refractivity contribution is 5.43. The third-order valence-corrected chi connectivity index (χ3v) is 3.08. The molecular formula is C13H19NO. The second-order valence-electron chi connectivity index (χ2n) is 4.64. The fourth-order valence-electron chi connectivity index (χ4n) is 2.33. The highest BCUT2D eigenvalue weighted by atomic mass is 16.3. The first kappa shape index (κ1) is 10.5. The molecule has 0 amide bonds. The van der Waals surface area contributed by atoms with Crippen molar-refractivity contribution >= 4 is 0 Å². The molecule has 1 aromatic rings. The van der Waals surface area contributed by atoms with Gasteiger partial charge >= 0.3 is 0 Å². The summed E-state index contributed by atoms with van der Waals surface area (Å²) in [5.41, 5.74) is 9.50. The lowest BCUT2D eigenvalue weighted by atomic mass is 9.89. The third kappa shape index (κ3) is 2.32. The zero-order valence-corrected chi connectivity index (χ0v) is 9.29. The molecule has 1 atom stereocenters. The molecule has 0 bridgehead atoms. The molecule has 0 saturated heterocycles. The van der Waals surface area contributed by atoms with E-state index < -0.39 is 0 Å². The molecule has 0 heterocycles. The van der Waals surface area contributed by atoms with Crippen LogP contribution in [0.5, 0.6) is 5.75 Å². The number of rotatable bonds is 2. The van der Waals surface area contributed by atoms with Crippen molar-refractivity contribution in [2.75, 3.05) is 0 Å². The number of aromatic hydroxyl groups is 1. The lowest BCUT2D eigenvalue weighted by Gasteiger charge is -2.18. The summed E-state index contributed by atoms with van der Waals surface area (Å²) in [6.07, 6.45) is 5.55. The molecule has 0 saturated carbocycles. The number of benzene rings is 1. The van der Waals surface area contributed by atoms with E-state index in [9.17, 15) is 5.11 Å². The Labute approximate surface area is 91.1 Å². The van der Waals surface area contributed by atoms with E-state index in [1.165, 1.54) is 24.0 Å². The van der Waals surface area contributed by atoms with Gasteiger partial charge in [-0.1, -0.05) is 6.07 Å². The van der Waals surface area contributed by atoms with Crippen molar-refractivity contribution in [1.82, 2.24) is 0 Å². The summed E-state index contributed by atoms with van der Waals surface area (Å²) < 4.78 is 0. The van der Waals surface area contributed by atoms with Crippen molar-refractivity contribution in [1.29, 1.82) is 0 Å². The molecule has 1 aliphatic rings. The van der Waals surface area contributed by atoms with E-state index in [0.717, 1.165) is 24.8 Å². The van der Waals surface area contributed by atoms with Gasteiger partial charge in [-0.25, -0.2) is 0 Å². The van der Waals surface area contributed by atoms with Gasteiger partial charge in [-0.05, 0) is 61.8 Å². The van der Waals surface area contributed by atoms with E-state index in [4.69, 9.17) is 5.73 Å². The molecular weight excluding hydrogens is 186 g/mol. The molecule has 2 heteroatoms. The van der Waals surface area contributed by atoms with Crippen molar-refractivity contribution in [3.63, 3.8) is 0 Å². The van der Waals surface area contributed by atoms with Gasteiger partial charge in [-0.3, -0.25) is 0 Å². The van der Waals surface area contributed by atoms with Gasteiger partial charge in [0.1, 0.15) is 5.75 Å². The van der Waals surface area contributed by atoms with Gasteiger partial charge in [0.15, 0.2) is 0 Å². The second-order valence-corrected chi connectivity index (χ2v) is 4.64. The lowest BCUT2D eigenvalue weighted by molar-refractivity contribution is 0.463. The second kappa shape index (κ2) is 4.23. The predicted molar refractivity (Wildman–Crippen MR) is 62.1 cm³/mol. The molecule has 0 fully saturated rings. The zero-order valence-electron chi connectivity index (χ0n) is 9.29. The van der Waals surface area contributed by atoms with Crippen molar-refractivity contribution < 1.29 is 5.11 Å². The van der Waals surface area contributed by atoms with Crippen LogP contribution in [0.3, 0.4) is 0 Å². The summed E-state index contributed by atoms with van der Waals surface area (Å²) in [6, 6.07) is 4.19. The SMILES string of the molecule is CC(N)Cc1cc2c(cc1O)CCCC2. The van der Waals surface area contributed by atoms with Crippen LogP contribution in [0.4, 0.5) is 0 Å². The van der Waals surface area contributed by atoms with Crippen molar-refractivity contribution in [2.45, 2.75) is 45.1 Å². The van der Waals surface area contributed by atoms with Crippen LogP contribution in [0.1, 0.15) is 36.5 Å². The molecule has 15 heavy (non-hydrogen) atoms. The topological polar surface area (TPSA) is 46.2 Å². The maximum absolute atomic E-state index is 9.86. The number of phenols is 1. The van der Waals surface area contributed by atoms with E-state index in [0.29, 0.717) is 5.75 Å². The molecule has 1 aliphatic carbocycles. The number of hydrogen-bond donors (Lipinski definition) is 2. The minimum Gasteiger partial charge on any atom is -0.508 e. The minimum absolute atomic E-state index is 0.109. The van der Waals surface area contributed by atoms with Crippen molar-refractivity contribution in [2.24, 2.45) is 5.73 Å². The van der Waals surface area contributed by atoms with E-state index in [2.05, 4.69) is 6.07 Å². The molecule has 0 aliphatic heterocycles. The Kier molecular flexibility index (Phi) is 2.96. The molecule has 2 nitrogen and oxygen atoms in total. The first-order valence-corrected chi connectivity index (χ1v) is 5.76. The summed E-state index contributed by atoms with van der Waals surface area (Å²) in [7, 11) is 0. The average Bonchev–Trinajstić information content (AvgIpc) is 2.18. The van der Waals surface area contributed by atoms with Gasteiger partial charge < -0.3 is 10.8 Å². The average molecular weight is 205 g/mol. The Morgan fingerprint density at radius 3 is 2.47 bits per heavy atom. The number of fused-ring (bicyclic) bond motifs is 1. The number of hydrogen-bond acceptors (Lipinski definition) is 2. The monoisotopic (exact) mass is 205 g/mol. The highest BCUT2D eigenvalue weighted by Crippen LogP contribution is 2.28. The molecule has 82 valence electrons. The van der Waals surface area contributed by atoms with Crippen LogP contribution in [0.15, 0.2) is 12.1 Å². The van der Waals surface area contributed by atoms with Crippen molar-refractivity contribution in [3.05, 3.63) is 28.8 Å². The molecule has 2 rings (SSSR count). The summed E-state index contributed by atoms with van der Waals surface area (Å²) >= 11 is 0. The smallest absolute Gasteiger partial charge is 0.119 e. The molecule has 0 aromatic heterocycles. The minimum atomic E-state index is 0.109. The standard InChI is InChI=1S/C13H19NO/c1-9(14)6-12-7-10-4-2-3-5-11(10)8-13(12)15/h7-9,15H,2-6,14H2,1H3. The molecule has 0 radical (unpaired) electrons. The molecule has 0 spiro atoms. The number of aryl methyl sites for hydroxylation is 2. The Balaban J connectivity index is 2.32. The van der Waals surface area contributed by atoms with Gasteiger partial charge in [0.25, 0.3) is 0 Å². The fraction of sp³-hybridized carbons (Fsp3) is 0.538. The van der Waals surface area contributed by atoms with Gasteiger partial charge in [-0.2, -0.15) is 0 Å². The summed E-state index contributed by atoms with van der Waals surface area (Å²) in [5.74, 6) is 0.424. The Bertz CT molecular complexity index is 358. The third-order valence-electron chi connectivity index (χ3n) is 3.08. The predicted octanol–water partition coefficient (Wildman–Crippen LogP) is 2.16. The van der Waals surface area contributed by atoms with Crippen LogP contribution in [0.2, 0.25) is 0 Å². The van der Waals surface area contributed by atoms with Gasteiger partial charge in [0, 0.05) is 6.04 Å². The first-order chi connectivity index (χ1) is 7.16. The van der Waals surface area contributed by atoms with Crippen LogP contribution in [-0.2, 0) is 19.3 Å². The van der Waals surface area contributed by atoms with Gasteiger partial charge in [0.2, 0.25) is 0 Å².